The highest BCUT2D eigenvalue weighted by Gasteiger charge is 2.33. The maximum atomic E-state index is 12.7. The minimum Gasteiger partial charge on any atom is -0.490 e. The fourth-order valence-corrected chi connectivity index (χ4v) is 4.47. The van der Waals surface area contributed by atoms with Crippen LogP contribution in [0.5, 0.6) is 5.75 Å². The third-order valence-corrected chi connectivity index (χ3v) is 6.24. The van der Waals surface area contributed by atoms with Gasteiger partial charge in [0.05, 0.1) is 17.8 Å². The second-order valence-electron chi connectivity index (χ2n) is 8.48. The number of nitrogens with one attached hydrogen (secondary N) is 2. The first-order chi connectivity index (χ1) is 15.0. The summed E-state index contributed by atoms with van der Waals surface area (Å²) in [5, 5.41) is 20.6. The first-order valence-electron chi connectivity index (χ1n) is 11.2. The van der Waals surface area contributed by atoms with Crippen LogP contribution in [0.4, 0.5) is 0 Å². The summed E-state index contributed by atoms with van der Waals surface area (Å²) < 4.78 is 8.39. The molecule has 0 aliphatic carbocycles. The van der Waals surface area contributed by atoms with Crippen LogP contribution in [0.25, 0.3) is 11.3 Å². The molecule has 3 N–H and O–H groups in total. The van der Waals surface area contributed by atoms with Gasteiger partial charge in [-0.15, -0.1) is 0 Å². The van der Waals surface area contributed by atoms with E-state index in [2.05, 4.69) is 34.8 Å². The van der Waals surface area contributed by atoms with Crippen molar-refractivity contribution in [1.29, 1.82) is 0 Å². The second kappa shape index (κ2) is 9.80. The molecular formula is C23H33N5O3. The summed E-state index contributed by atoms with van der Waals surface area (Å²) in [5.74, 6) is 0.758. The zero-order valence-corrected chi connectivity index (χ0v) is 18.4. The summed E-state index contributed by atoms with van der Waals surface area (Å²) >= 11 is 0. The highest BCUT2D eigenvalue weighted by atomic mass is 16.5. The number of likely N-dealkylation sites (N-methyl/N-ethyl adjacent to an activating group) is 1. The summed E-state index contributed by atoms with van der Waals surface area (Å²) in [6.45, 7) is 5.70. The Hall–Kier alpha value is -2.42. The van der Waals surface area contributed by atoms with Crippen LogP contribution in [0, 0.1) is 0 Å². The Bertz CT molecular complexity index is 893. The van der Waals surface area contributed by atoms with Gasteiger partial charge in [-0.1, -0.05) is 12.1 Å². The number of ether oxygens (including phenoxy) is 1. The smallest absolute Gasteiger partial charge is 0.237 e. The maximum Gasteiger partial charge on any atom is 0.237 e. The molecule has 2 aliphatic rings. The number of aromatic nitrogens is 2. The third-order valence-electron chi connectivity index (χ3n) is 6.24. The van der Waals surface area contributed by atoms with E-state index in [0.29, 0.717) is 19.5 Å². The van der Waals surface area contributed by atoms with Crippen molar-refractivity contribution in [1.82, 2.24) is 25.3 Å². The number of hydrogen-bond acceptors (Lipinski definition) is 6. The number of β-amino-alcohol motifs (C(OH)–C–C–N with tert-alkyl or cyclic N) is 1. The van der Waals surface area contributed by atoms with Gasteiger partial charge in [0, 0.05) is 37.0 Å². The van der Waals surface area contributed by atoms with Gasteiger partial charge in [-0.3, -0.25) is 14.4 Å². The molecule has 0 radical (unpaired) electrons. The number of aryl methyl sites for hydroxylation is 1. The van der Waals surface area contributed by atoms with Crippen LogP contribution in [0.2, 0.25) is 0 Å². The van der Waals surface area contributed by atoms with Gasteiger partial charge in [0.1, 0.15) is 11.9 Å². The Morgan fingerprint density at radius 1 is 1.32 bits per heavy atom. The van der Waals surface area contributed by atoms with E-state index >= 15 is 0 Å². The number of nitrogens with zero attached hydrogens (tertiary/aromatic N) is 3. The van der Waals surface area contributed by atoms with E-state index in [1.807, 2.05) is 35.0 Å². The largest absolute Gasteiger partial charge is 0.490 e. The molecular weight excluding hydrogens is 394 g/mol. The van der Waals surface area contributed by atoms with Crippen LogP contribution in [0.1, 0.15) is 31.7 Å². The summed E-state index contributed by atoms with van der Waals surface area (Å²) in [5.41, 5.74) is 3.06. The number of benzene rings is 1. The zero-order chi connectivity index (χ0) is 21.8. The van der Waals surface area contributed by atoms with Gasteiger partial charge in [-0.05, 0) is 58.5 Å². The Balaban J connectivity index is 1.53. The number of carbonyl (C=O) groups excluding carboxylic acids is 1. The highest BCUT2D eigenvalue weighted by molar-refractivity contribution is 5.82. The first-order valence-corrected chi connectivity index (χ1v) is 11.2. The lowest BCUT2D eigenvalue weighted by molar-refractivity contribution is -0.125. The van der Waals surface area contributed by atoms with Crippen molar-refractivity contribution in [2.24, 2.45) is 0 Å². The average molecular weight is 428 g/mol. The van der Waals surface area contributed by atoms with E-state index in [0.717, 1.165) is 55.0 Å². The second-order valence-corrected chi connectivity index (χ2v) is 8.48. The van der Waals surface area contributed by atoms with E-state index in [1.165, 1.54) is 0 Å². The van der Waals surface area contributed by atoms with Crippen LogP contribution in [0.3, 0.4) is 0 Å². The van der Waals surface area contributed by atoms with Gasteiger partial charge >= 0.3 is 0 Å². The quantitative estimate of drug-likeness (QED) is 0.619. The predicted molar refractivity (Wildman–Crippen MR) is 119 cm³/mol. The number of rotatable bonds is 7. The van der Waals surface area contributed by atoms with Gasteiger partial charge in [0.15, 0.2) is 0 Å². The molecule has 2 aromatic rings. The molecule has 1 aromatic carbocycles. The highest BCUT2D eigenvalue weighted by Crippen LogP contribution is 2.29. The van der Waals surface area contributed by atoms with Crippen LogP contribution in [-0.2, 0) is 17.9 Å². The van der Waals surface area contributed by atoms with Crippen molar-refractivity contribution in [2.75, 3.05) is 26.7 Å². The molecule has 2 aliphatic heterocycles. The molecule has 2 saturated heterocycles. The molecule has 2 fully saturated rings. The number of likely N-dealkylation sites (tertiary alicyclic amines) is 1. The standard InChI is InChI=1S/C23H33N5O3/c1-3-28-20(8-11-26-28)16-4-5-17(22(12-16)31-19-6-9-24-10-7-19)14-25-23(30)21-13-18(29)15-27(21)2/h4-5,8,11-12,18-19,21,24,29H,3,6-7,9-10,13-15H2,1-2H3,(H,25,30). The minimum absolute atomic E-state index is 0.0556. The summed E-state index contributed by atoms with van der Waals surface area (Å²) in [6, 6.07) is 7.88. The molecule has 3 heterocycles. The normalized spacial score (nSPS) is 22.5. The number of aliphatic hydroxyl groups excluding tert-OH is 1. The van der Waals surface area contributed by atoms with Crippen molar-refractivity contribution >= 4 is 5.91 Å². The number of aliphatic hydroxyl groups is 1. The lowest BCUT2D eigenvalue weighted by atomic mass is 10.1. The van der Waals surface area contributed by atoms with Crippen LogP contribution in [0.15, 0.2) is 30.5 Å². The summed E-state index contributed by atoms with van der Waals surface area (Å²) in [6.07, 6.45) is 3.94. The summed E-state index contributed by atoms with van der Waals surface area (Å²) in [7, 11) is 1.87. The summed E-state index contributed by atoms with van der Waals surface area (Å²) in [4.78, 5) is 14.6. The molecule has 31 heavy (non-hydrogen) atoms. The Kier molecular flexibility index (Phi) is 6.89. The minimum atomic E-state index is -0.442. The lowest BCUT2D eigenvalue weighted by Gasteiger charge is -2.26. The molecule has 1 aromatic heterocycles. The van der Waals surface area contributed by atoms with Crippen LogP contribution < -0.4 is 15.4 Å². The molecule has 4 rings (SSSR count). The van der Waals surface area contributed by atoms with Crippen molar-refractivity contribution in [3.05, 3.63) is 36.0 Å². The van der Waals surface area contributed by atoms with Gasteiger partial charge in [0.25, 0.3) is 0 Å². The van der Waals surface area contributed by atoms with Gasteiger partial charge in [-0.2, -0.15) is 5.10 Å². The monoisotopic (exact) mass is 427 g/mol. The van der Waals surface area contributed by atoms with Gasteiger partial charge in [0.2, 0.25) is 5.91 Å². The Morgan fingerprint density at radius 2 is 2.13 bits per heavy atom. The van der Waals surface area contributed by atoms with Gasteiger partial charge in [-0.25, -0.2) is 0 Å². The zero-order valence-electron chi connectivity index (χ0n) is 18.4. The van der Waals surface area contributed by atoms with E-state index in [4.69, 9.17) is 4.74 Å². The molecule has 168 valence electrons. The third kappa shape index (κ3) is 5.08. The molecule has 1 amide bonds. The lowest BCUT2D eigenvalue weighted by Crippen LogP contribution is -2.41. The maximum absolute atomic E-state index is 12.7. The topological polar surface area (TPSA) is 91.7 Å². The SMILES string of the molecule is CCn1nccc1-c1ccc(CNC(=O)C2CC(O)CN2C)c(OC2CCNCC2)c1. The number of carbonyl (C=O) groups is 1. The molecule has 0 bridgehead atoms. The van der Waals surface area contributed by atoms with Crippen molar-refractivity contribution < 1.29 is 14.6 Å². The number of hydrogen-bond donors (Lipinski definition) is 3. The molecule has 0 saturated carbocycles. The van der Waals surface area contributed by atoms with Crippen molar-refractivity contribution in [3.63, 3.8) is 0 Å². The Morgan fingerprint density at radius 3 is 2.84 bits per heavy atom. The van der Waals surface area contributed by atoms with Crippen LogP contribution >= 0.6 is 0 Å². The van der Waals surface area contributed by atoms with E-state index in [9.17, 15) is 9.90 Å². The molecule has 8 nitrogen and oxygen atoms in total. The number of piperidine rings is 1. The van der Waals surface area contributed by atoms with Crippen LogP contribution in [-0.4, -0.2) is 70.6 Å². The van der Waals surface area contributed by atoms with Gasteiger partial charge < -0.3 is 20.5 Å². The fourth-order valence-electron chi connectivity index (χ4n) is 4.47. The Labute approximate surface area is 183 Å². The first kappa shape index (κ1) is 21.8. The van der Waals surface area contributed by atoms with Crippen molar-refractivity contribution in [3.8, 4) is 17.0 Å². The van der Waals surface area contributed by atoms with E-state index < -0.39 is 6.10 Å². The fraction of sp³-hybridized carbons (Fsp3) is 0.565. The molecule has 8 heteroatoms. The van der Waals surface area contributed by atoms with E-state index in [1.54, 1.807) is 0 Å². The predicted octanol–water partition coefficient (Wildman–Crippen LogP) is 1.38. The van der Waals surface area contributed by atoms with E-state index in [-0.39, 0.29) is 18.1 Å². The molecule has 2 atom stereocenters. The van der Waals surface area contributed by atoms with Crippen molar-refractivity contribution in [2.45, 2.75) is 57.5 Å². The number of amides is 1. The molecule has 0 spiro atoms. The average Bonchev–Trinajstić information content (AvgIpc) is 3.39. The molecule has 2 unspecified atom stereocenters.